The lowest BCUT2D eigenvalue weighted by Gasteiger charge is -2.25. The summed E-state index contributed by atoms with van der Waals surface area (Å²) in [6.07, 6.45) is -1.78. The van der Waals surface area contributed by atoms with E-state index in [2.05, 4.69) is 41.5 Å². The quantitative estimate of drug-likeness (QED) is 0.118. The van der Waals surface area contributed by atoms with Crippen LogP contribution >= 0.6 is 11.6 Å². The zero-order valence-electron chi connectivity index (χ0n) is 27.5. The smallest absolute Gasteiger partial charge is 0.422 e. The highest BCUT2D eigenvalue weighted by atomic mass is 35.5. The van der Waals surface area contributed by atoms with Gasteiger partial charge in [0.25, 0.3) is 5.91 Å². The van der Waals surface area contributed by atoms with Gasteiger partial charge < -0.3 is 41.5 Å². The zero-order valence-corrected chi connectivity index (χ0v) is 28.3. The topological polar surface area (TPSA) is 217 Å². The van der Waals surface area contributed by atoms with Crippen molar-refractivity contribution >= 4 is 52.9 Å². The molecule has 0 aliphatic heterocycles. The number of nitrogens with one attached hydrogen (secondary N) is 5. The SMILES string of the molecule is O=C(NCC[C@H](NC(=O)c1ccc(Nc2nc(NC3(c4ccc(Cl)cc4)CC3)nc(OCC(F)(F)F)n2)cc1)C(=O)O)C(=O)NC1CCC(O)CC1. The van der Waals surface area contributed by atoms with Crippen molar-refractivity contribution in [1.29, 1.82) is 0 Å². The number of aliphatic carboxylic acids is 1. The molecule has 2 aliphatic rings. The molecule has 1 atom stereocenters. The number of hydrogen-bond acceptors (Lipinski definition) is 11. The van der Waals surface area contributed by atoms with E-state index in [0.29, 0.717) is 49.2 Å². The van der Waals surface area contributed by atoms with Crippen LogP contribution < -0.4 is 31.3 Å². The number of carbonyl (C=O) groups is 4. The summed E-state index contributed by atoms with van der Waals surface area (Å²) in [5.41, 5.74) is 0.722. The Kier molecular flexibility index (Phi) is 12.0. The van der Waals surface area contributed by atoms with Crippen molar-refractivity contribution in [2.24, 2.45) is 0 Å². The Labute approximate surface area is 300 Å². The Bertz CT molecular complexity index is 1750. The molecule has 0 saturated heterocycles. The van der Waals surface area contributed by atoms with Gasteiger partial charge in [0, 0.05) is 28.9 Å². The first kappa shape index (κ1) is 38.0. The van der Waals surface area contributed by atoms with Crippen LogP contribution in [0.3, 0.4) is 0 Å². The number of amides is 3. The summed E-state index contributed by atoms with van der Waals surface area (Å²) in [7, 11) is 0. The lowest BCUT2D eigenvalue weighted by molar-refractivity contribution is -0.154. The van der Waals surface area contributed by atoms with Crippen LogP contribution in [-0.2, 0) is 19.9 Å². The maximum absolute atomic E-state index is 12.9. The van der Waals surface area contributed by atoms with Gasteiger partial charge in [0.1, 0.15) is 6.04 Å². The summed E-state index contributed by atoms with van der Waals surface area (Å²) in [5, 5.41) is 33.1. The van der Waals surface area contributed by atoms with Crippen molar-refractivity contribution in [3.63, 3.8) is 0 Å². The number of anilines is 3. The van der Waals surface area contributed by atoms with Gasteiger partial charge in [-0.3, -0.25) is 14.4 Å². The molecule has 3 amide bonds. The fraction of sp³-hybridized carbons (Fsp3) is 0.424. The standard InChI is InChI=1S/C33H36ClF3N8O7/c34-20-5-3-19(4-6-20)32(14-15-32)45-30-42-29(43-31(44-30)52-17-33(35,36)37)40-22-7-1-18(2-8-22)25(47)41-24(28(50)51)13-16-38-26(48)27(49)39-21-9-11-23(46)12-10-21/h1-8,21,23-24,46H,9-17H2,(H,38,48)(H,39,49)(H,41,47)(H,50,51)(H2,40,42,43,44,45)/t21?,23?,24-/m0/s1. The van der Waals surface area contributed by atoms with Gasteiger partial charge >= 0.3 is 30.0 Å². The second-order valence-corrected chi connectivity index (χ2v) is 12.9. The van der Waals surface area contributed by atoms with Crippen LogP contribution in [0.15, 0.2) is 48.5 Å². The molecule has 2 saturated carbocycles. The number of aromatic nitrogens is 3. The third kappa shape index (κ3) is 10.9. The Hall–Kier alpha value is -5.23. The second kappa shape index (κ2) is 16.4. The molecule has 1 aromatic heterocycles. The van der Waals surface area contributed by atoms with E-state index in [0.717, 1.165) is 5.56 Å². The molecule has 5 rings (SSSR count). The third-order valence-corrected chi connectivity index (χ3v) is 8.69. The lowest BCUT2D eigenvalue weighted by Crippen LogP contribution is -2.47. The van der Waals surface area contributed by atoms with E-state index in [9.17, 15) is 42.6 Å². The van der Waals surface area contributed by atoms with Crippen LogP contribution in [0.5, 0.6) is 6.01 Å². The summed E-state index contributed by atoms with van der Waals surface area (Å²) in [6.45, 7) is -1.85. The predicted molar refractivity (Wildman–Crippen MR) is 180 cm³/mol. The fourth-order valence-electron chi connectivity index (χ4n) is 5.49. The predicted octanol–water partition coefficient (Wildman–Crippen LogP) is 3.42. The molecule has 0 radical (unpaired) electrons. The first-order valence-corrected chi connectivity index (χ1v) is 16.7. The molecule has 7 N–H and O–H groups in total. The summed E-state index contributed by atoms with van der Waals surface area (Å²) in [4.78, 5) is 61.3. The Balaban J connectivity index is 1.18. The normalized spacial score (nSPS) is 18.3. The second-order valence-electron chi connectivity index (χ2n) is 12.5. The molecule has 1 heterocycles. The first-order valence-electron chi connectivity index (χ1n) is 16.4. The Morgan fingerprint density at radius 2 is 1.58 bits per heavy atom. The summed E-state index contributed by atoms with van der Waals surface area (Å²) in [5.74, 6) is -4.12. The van der Waals surface area contributed by atoms with Crippen LogP contribution in [0.2, 0.25) is 5.02 Å². The first-order chi connectivity index (χ1) is 24.7. The summed E-state index contributed by atoms with van der Waals surface area (Å²) in [6, 6.07) is 10.5. The largest absolute Gasteiger partial charge is 0.480 e. The number of benzene rings is 2. The minimum absolute atomic E-state index is 0.0420. The van der Waals surface area contributed by atoms with Gasteiger partial charge in [0.05, 0.1) is 11.6 Å². The Morgan fingerprint density at radius 1 is 0.923 bits per heavy atom. The van der Waals surface area contributed by atoms with Crippen molar-refractivity contribution in [3.8, 4) is 6.01 Å². The Morgan fingerprint density at radius 3 is 2.19 bits per heavy atom. The molecule has 2 fully saturated rings. The van der Waals surface area contributed by atoms with Gasteiger partial charge in [0.2, 0.25) is 11.9 Å². The highest BCUT2D eigenvalue weighted by molar-refractivity contribution is 6.35. The molecule has 278 valence electrons. The minimum atomic E-state index is -4.64. The van der Waals surface area contributed by atoms with Crippen LogP contribution in [0.4, 0.5) is 30.8 Å². The summed E-state index contributed by atoms with van der Waals surface area (Å²) >= 11 is 6.01. The van der Waals surface area contributed by atoms with Gasteiger partial charge in [-0.05, 0) is 86.9 Å². The van der Waals surface area contributed by atoms with Crippen molar-refractivity contribution in [2.75, 3.05) is 23.8 Å². The van der Waals surface area contributed by atoms with Crippen molar-refractivity contribution in [3.05, 3.63) is 64.7 Å². The lowest BCUT2D eigenvalue weighted by atomic mass is 9.93. The number of carbonyl (C=O) groups excluding carboxylic acids is 3. The number of nitrogens with zero attached hydrogens (tertiary/aromatic N) is 3. The molecule has 19 heteroatoms. The molecule has 0 unspecified atom stereocenters. The summed E-state index contributed by atoms with van der Waals surface area (Å²) < 4.78 is 43.5. The average molecular weight is 749 g/mol. The van der Waals surface area contributed by atoms with E-state index in [-0.39, 0.29) is 36.5 Å². The number of ether oxygens (including phenoxy) is 1. The molecule has 3 aromatic rings. The van der Waals surface area contributed by atoms with E-state index in [4.69, 9.17) is 16.3 Å². The maximum Gasteiger partial charge on any atom is 0.422 e. The number of halogens is 4. The van der Waals surface area contributed by atoms with Gasteiger partial charge in [-0.25, -0.2) is 4.79 Å². The van der Waals surface area contributed by atoms with Crippen molar-refractivity contribution in [1.82, 2.24) is 30.9 Å². The van der Waals surface area contributed by atoms with Crippen molar-refractivity contribution < 1.29 is 47.3 Å². The van der Waals surface area contributed by atoms with Crippen LogP contribution in [0.1, 0.15) is 60.9 Å². The molecular weight excluding hydrogens is 713 g/mol. The third-order valence-electron chi connectivity index (χ3n) is 8.44. The molecule has 2 aromatic carbocycles. The van der Waals surface area contributed by atoms with Gasteiger partial charge in [-0.15, -0.1) is 0 Å². The minimum Gasteiger partial charge on any atom is -0.480 e. The highest BCUT2D eigenvalue weighted by Gasteiger charge is 2.45. The van der Waals surface area contributed by atoms with Gasteiger partial charge in [-0.1, -0.05) is 23.7 Å². The van der Waals surface area contributed by atoms with Gasteiger partial charge in [-0.2, -0.15) is 28.1 Å². The molecule has 0 bridgehead atoms. The number of alkyl halides is 3. The molecular formula is C33H36ClF3N8O7. The van der Waals surface area contributed by atoms with Crippen LogP contribution in [-0.4, -0.2) is 86.4 Å². The van der Waals surface area contributed by atoms with Crippen molar-refractivity contribution in [2.45, 2.75) is 74.8 Å². The van der Waals surface area contributed by atoms with E-state index < -0.39 is 60.2 Å². The van der Waals surface area contributed by atoms with E-state index in [1.54, 1.807) is 12.1 Å². The number of carboxylic acids is 1. The highest BCUT2D eigenvalue weighted by Crippen LogP contribution is 2.48. The van der Waals surface area contributed by atoms with E-state index in [1.165, 1.54) is 24.3 Å². The number of aliphatic hydroxyl groups is 1. The maximum atomic E-state index is 12.9. The van der Waals surface area contributed by atoms with Crippen LogP contribution in [0.25, 0.3) is 0 Å². The molecule has 2 aliphatic carbocycles. The number of carboxylic acid groups (broad SMARTS) is 1. The number of aliphatic hydroxyl groups excluding tert-OH is 1. The zero-order chi connectivity index (χ0) is 37.5. The average Bonchev–Trinajstić information content (AvgIpc) is 3.88. The molecule has 52 heavy (non-hydrogen) atoms. The number of hydrogen-bond donors (Lipinski definition) is 7. The van der Waals surface area contributed by atoms with E-state index >= 15 is 0 Å². The van der Waals surface area contributed by atoms with E-state index in [1.807, 2.05) is 12.1 Å². The molecule has 15 nitrogen and oxygen atoms in total. The number of rotatable bonds is 14. The van der Waals surface area contributed by atoms with Crippen LogP contribution in [0, 0.1) is 0 Å². The molecule has 0 spiro atoms. The fourth-order valence-corrected chi connectivity index (χ4v) is 5.61. The monoisotopic (exact) mass is 748 g/mol. The van der Waals surface area contributed by atoms with Gasteiger partial charge in [0.15, 0.2) is 6.61 Å².